The molecule has 1 aromatic carbocycles. The van der Waals surface area contributed by atoms with Gasteiger partial charge in [0.05, 0.1) is 19.3 Å². The highest BCUT2D eigenvalue weighted by atomic mass is 79.9. The molecule has 1 fully saturated rings. The van der Waals surface area contributed by atoms with Gasteiger partial charge in [0.15, 0.2) is 0 Å². The summed E-state index contributed by atoms with van der Waals surface area (Å²) in [5.74, 6) is 0.831. The Kier molecular flexibility index (Phi) is 8.23. The van der Waals surface area contributed by atoms with Crippen molar-refractivity contribution in [1.82, 2.24) is 0 Å². The zero-order valence-electron chi connectivity index (χ0n) is 13.0. The molecular weight excluding hydrogens is 346 g/mol. The van der Waals surface area contributed by atoms with Crippen molar-refractivity contribution in [3.05, 3.63) is 28.7 Å². The van der Waals surface area contributed by atoms with Gasteiger partial charge in [-0.2, -0.15) is 0 Å². The molecule has 0 unspecified atom stereocenters. The van der Waals surface area contributed by atoms with Crippen LogP contribution in [0.1, 0.15) is 32.1 Å². The fraction of sp³-hybridized carbons (Fsp3) is 0.647. The number of nitrogens with two attached hydrogens (primary N) is 1. The molecule has 1 aliphatic carbocycles. The Morgan fingerprint density at radius 1 is 1.14 bits per heavy atom. The third kappa shape index (κ3) is 7.09. The van der Waals surface area contributed by atoms with Gasteiger partial charge < -0.3 is 19.9 Å². The lowest BCUT2D eigenvalue weighted by atomic mass is 9.95. The first-order chi connectivity index (χ1) is 10.7. The summed E-state index contributed by atoms with van der Waals surface area (Å²) >= 11 is 3.39. The van der Waals surface area contributed by atoms with Gasteiger partial charge in [0.1, 0.15) is 25.0 Å². The smallest absolute Gasteiger partial charge is 0.126 e. The Hall–Kier alpha value is -0.620. The molecule has 1 aromatic rings. The average Bonchev–Trinajstić information content (AvgIpc) is 2.55. The Balaban J connectivity index is 1.48. The molecule has 1 atom stereocenters. The van der Waals surface area contributed by atoms with Gasteiger partial charge in [0.2, 0.25) is 0 Å². The van der Waals surface area contributed by atoms with Gasteiger partial charge in [-0.25, -0.2) is 0 Å². The number of quaternary nitrogens is 1. The normalized spacial score (nSPS) is 17.4. The number of hydrogen-bond acceptors (Lipinski definition) is 3. The van der Waals surface area contributed by atoms with Gasteiger partial charge in [-0.3, -0.25) is 0 Å². The lowest BCUT2D eigenvalue weighted by molar-refractivity contribution is -0.697. The molecule has 0 bridgehead atoms. The summed E-state index contributed by atoms with van der Waals surface area (Å²) in [5.41, 5.74) is 0. The van der Waals surface area contributed by atoms with Crippen LogP contribution in [-0.4, -0.2) is 43.6 Å². The lowest BCUT2D eigenvalue weighted by Gasteiger charge is -2.21. The quantitative estimate of drug-likeness (QED) is 0.652. The molecule has 3 N–H and O–H groups in total. The maximum atomic E-state index is 9.92. The van der Waals surface area contributed by atoms with E-state index in [2.05, 4.69) is 21.2 Å². The molecule has 2 rings (SSSR count). The topological polar surface area (TPSA) is 55.3 Å². The van der Waals surface area contributed by atoms with Gasteiger partial charge >= 0.3 is 0 Å². The standard InChI is InChI=1S/C17H26BrNO3/c18-14-6-8-17(9-7-14)22-11-10-21-13-16(20)12-19-15-4-2-1-3-5-15/h6-9,15-16,19-20H,1-5,10-13H2/p+1/t16-/m0/s1. The largest absolute Gasteiger partial charge is 0.491 e. The molecule has 0 heterocycles. The van der Waals surface area contributed by atoms with Crippen LogP contribution in [0.25, 0.3) is 0 Å². The number of aliphatic hydroxyl groups excluding tert-OH is 1. The summed E-state index contributed by atoms with van der Waals surface area (Å²) in [6, 6.07) is 8.42. The van der Waals surface area contributed by atoms with Gasteiger partial charge in [-0.1, -0.05) is 22.4 Å². The first kappa shape index (κ1) is 17.7. The van der Waals surface area contributed by atoms with Crippen LogP contribution in [0.5, 0.6) is 5.75 Å². The molecule has 0 aromatic heterocycles. The van der Waals surface area contributed by atoms with Crippen molar-refractivity contribution in [1.29, 1.82) is 0 Å². The van der Waals surface area contributed by atoms with Crippen molar-refractivity contribution >= 4 is 15.9 Å². The highest BCUT2D eigenvalue weighted by molar-refractivity contribution is 9.10. The summed E-state index contributed by atoms with van der Waals surface area (Å²) in [7, 11) is 0. The molecule has 4 nitrogen and oxygen atoms in total. The van der Waals surface area contributed by atoms with Crippen LogP contribution in [0.3, 0.4) is 0 Å². The number of halogens is 1. The van der Waals surface area contributed by atoms with Crippen molar-refractivity contribution in [2.45, 2.75) is 44.2 Å². The first-order valence-electron chi connectivity index (χ1n) is 8.21. The Labute approximate surface area is 141 Å². The molecule has 1 saturated carbocycles. The van der Waals surface area contributed by atoms with Crippen molar-refractivity contribution in [2.75, 3.05) is 26.4 Å². The van der Waals surface area contributed by atoms with E-state index in [0.29, 0.717) is 25.9 Å². The second-order valence-electron chi connectivity index (χ2n) is 5.90. The minimum atomic E-state index is -0.394. The maximum absolute atomic E-state index is 9.92. The van der Waals surface area contributed by atoms with Gasteiger partial charge in [-0.05, 0) is 49.9 Å². The second kappa shape index (κ2) is 10.2. The van der Waals surface area contributed by atoms with Crippen molar-refractivity contribution in [3.63, 3.8) is 0 Å². The zero-order chi connectivity index (χ0) is 15.6. The summed E-state index contributed by atoms with van der Waals surface area (Å²) in [4.78, 5) is 0. The maximum Gasteiger partial charge on any atom is 0.126 e. The van der Waals surface area contributed by atoms with E-state index in [9.17, 15) is 5.11 Å². The van der Waals surface area contributed by atoms with Crippen LogP contribution >= 0.6 is 15.9 Å². The van der Waals surface area contributed by atoms with Crippen LogP contribution in [0.2, 0.25) is 0 Å². The summed E-state index contributed by atoms with van der Waals surface area (Å²) < 4.78 is 12.1. The van der Waals surface area contributed by atoms with Crippen molar-refractivity contribution in [2.24, 2.45) is 0 Å². The minimum absolute atomic E-state index is 0.382. The third-order valence-corrected chi connectivity index (χ3v) is 4.54. The fourth-order valence-electron chi connectivity index (χ4n) is 2.76. The number of hydrogen-bond donors (Lipinski definition) is 2. The Bertz CT molecular complexity index is 407. The van der Waals surface area contributed by atoms with E-state index >= 15 is 0 Å². The van der Waals surface area contributed by atoms with E-state index in [-0.39, 0.29) is 0 Å². The van der Waals surface area contributed by atoms with Crippen LogP contribution in [0, 0.1) is 0 Å². The zero-order valence-corrected chi connectivity index (χ0v) is 14.6. The van der Waals surface area contributed by atoms with E-state index in [4.69, 9.17) is 9.47 Å². The van der Waals surface area contributed by atoms with E-state index < -0.39 is 6.10 Å². The van der Waals surface area contributed by atoms with Crippen molar-refractivity contribution in [3.8, 4) is 5.75 Å². The van der Waals surface area contributed by atoms with Crippen LogP contribution in [0.4, 0.5) is 0 Å². The molecule has 1 aliphatic rings. The van der Waals surface area contributed by atoms with E-state index in [1.807, 2.05) is 24.3 Å². The highest BCUT2D eigenvalue weighted by Crippen LogP contribution is 2.16. The van der Waals surface area contributed by atoms with E-state index in [0.717, 1.165) is 16.8 Å². The lowest BCUT2D eigenvalue weighted by Crippen LogP contribution is -2.92. The highest BCUT2D eigenvalue weighted by Gasteiger charge is 2.17. The molecule has 0 saturated heterocycles. The van der Waals surface area contributed by atoms with Gasteiger partial charge in [0, 0.05) is 4.47 Å². The molecule has 22 heavy (non-hydrogen) atoms. The molecule has 0 spiro atoms. The van der Waals surface area contributed by atoms with Crippen molar-refractivity contribution < 1.29 is 19.9 Å². The Morgan fingerprint density at radius 3 is 2.59 bits per heavy atom. The fourth-order valence-corrected chi connectivity index (χ4v) is 3.02. The number of aliphatic hydroxyl groups is 1. The van der Waals surface area contributed by atoms with Gasteiger partial charge in [-0.15, -0.1) is 0 Å². The van der Waals surface area contributed by atoms with E-state index in [1.54, 1.807) is 0 Å². The second-order valence-corrected chi connectivity index (χ2v) is 6.82. The monoisotopic (exact) mass is 372 g/mol. The van der Waals surface area contributed by atoms with E-state index in [1.165, 1.54) is 32.1 Å². The summed E-state index contributed by atoms with van der Waals surface area (Å²) in [6.45, 7) is 2.11. The average molecular weight is 373 g/mol. The molecule has 0 amide bonds. The number of rotatable bonds is 9. The summed E-state index contributed by atoms with van der Waals surface area (Å²) in [5, 5.41) is 12.2. The van der Waals surface area contributed by atoms with Crippen LogP contribution in [-0.2, 0) is 4.74 Å². The predicted molar refractivity (Wildman–Crippen MR) is 90.1 cm³/mol. The predicted octanol–water partition coefficient (Wildman–Crippen LogP) is 2.10. The minimum Gasteiger partial charge on any atom is -0.491 e. The molecular formula is C17H27BrNO3+. The van der Waals surface area contributed by atoms with Gasteiger partial charge in [0.25, 0.3) is 0 Å². The first-order valence-corrected chi connectivity index (χ1v) is 9.01. The number of benzene rings is 1. The summed E-state index contributed by atoms with van der Waals surface area (Å²) in [6.07, 6.45) is 6.22. The number of ether oxygens (including phenoxy) is 2. The molecule has 124 valence electrons. The molecule has 0 aliphatic heterocycles. The Morgan fingerprint density at radius 2 is 1.86 bits per heavy atom. The SMILES string of the molecule is O[C@@H](C[NH2+]C1CCCCC1)COCCOc1ccc(Br)cc1. The van der Waals surface area contributed by atoms with Crippen LogP contribution in [0.15, 0.2) is 28.7 Å². The third-order valence-electron chi connectivity index (χ3n) is 4.01. The van der Waals surface area contributed by atoms with Crippen LogP contribution < -0.4 is 10.1 Å². The molecule has 5 heteroatoms. The molecule has 0 radical (unpaired) electrons.